The molecule has 2 aromatic rings. The van der Waals surface area contributed by atoms with E-state index in [0.29, 0.717) is 6.42 Å². The van der Waals surface area contributed by atoms with Crippen LogP contribution in [-0.2, 0) is 12.8 Å². The van der Waals surface area contributed by atoms with Crippen molar-refractivity contribution in [3.63, 3.8) is 0 Å². The highest BCUT2D eigenvalue weighted by Crippen LogP contribution is 2.42. The van der Waals surface area contributed by atoms with Gasteiger partial charge in [0.1, 0.15) is 5.75 Å². The first-order valence-electron chi connectivity index (χ1n) is 9.16. The van der Waals surface area contributed by atoms with Gasteiger partial charge < -0.3 is 20.2 Å². The van der Waals surface area contributed by atoms with Crippen molar-refractivity contribution in [1.29, 1.82) is 0 Å². The van der Waals surface area contributed by atoms with Gasteiger partial charge in [0.15, 0.2) is 5.78 Å². The highest BCUT2D eigenvalue weighted by molar-refractivity contribution is 6.16. The van der Waals surface area contributed by atoms with Crippen molar-refractivity contribution < 1.29 is 29.7 Å². The van der Waals surface area contributed by atoms with Crippen molar-refractivity contribution >= 4 is 23.4 Å². The van der Waals surface area contributed by atoms with E-state index in [4.69, 9.17) is 5.11 Å². The molecular weight excluding hydrogens is 362 g/mol. The lowest BCUT2D eigenvalue weighted by atomic mass is 9.86. The Bertz CT molecular complexity index is 1020. The van der Waals surface area contributed by atoms with Crippen LogP contribution in [0.2, 0.25) is 0 Å². The molecule has 2 heterocycles. The quantitative estimate of drug-likeness (QED) is 0.698. The van der Waals surface area contributed by atoms with Crippen molar-refractivity contribution in [3.05, 3.63) is 57.6 Å². The lowest BCUT2D eigenvalue weighted by Gasteiger charge is -2.37. The van der Waals surface area contributed by atoms with Gasteiger partial charge in [-0.3, -0.25) is 4.79 Å². The lowest BCUT2D eigenvalue weighted by molar-refractivity contribution is 0.0692. The molecule has 2 aromatic carbocycles. The van der Waals surface area contributed by atoms with E-state index in [9.17, 15) is 24.6 Å². The van der Waals surface area contributed by atoms with Crippen LogP contribution in [0.1, 0.15) is 60.6 Å². The average Bonchev–Trinajstić information content (AvgIpc) is 2.69. The molecular formula is C21H19NO6. The summed E-state index contributed by atoms with van der Waals surface area (Å²) in [5.41, 5.74) is 2.07. The van der Waals surface area contributed by atoms with Crippen LogP contribution in [0.5, 0.6) is 5.75 Å². The Morgan fingerprint density at radius 1 is 0.857 bits per heavy atom. The Morgan fingerprint density at radius 3 is 2.25 bits per heavy atom. The highest BCUT2D eigenvalue weighted by atomic mass is 16.4. The van der Waals surface area contributed by atoms with Gasteiger partial charge in [-0.25, -0.2) is 9.59 Å². The second-order valence-electron chi connectivity index (χ2n) is 7.15. The van der Waals surface area contributed by atoms with Crippen molar-refractivity contribution in [2.45, 2.75) is 25.7 Å². The fourth-order valence-corrected chi connectivity index (χ4v) is 4.21. The Kier molecular flexibility index (Phi) is 4.30. The molecule has 0 bridgehead atoms. The van der Waals surface area contributed by atoms with Gasteiger partial charge in [-0.15, -0.1) is 0 Å². The average molecular weight is 381 g/mol. The number of carbonyl (C=O) groups is 3. The summed E-state index contributed by atoms with van der Waals surface area (Å²) in [6.45, 7) is 1.85. The van der Waals surface area contributed by atoms with E-state index in [1.165, 1.54) is 12.1 Å². The van der Waals surface area contributed by atoms with Gasteiger partial charge >= 0.3 is 11.9 Å². The summed E-state index contributed by atoms with van der Waals surface area (Å²) < 4.78 is 0. The number of benzene rings is 2. The zero-order valence-electron chi connectivity index (χ0n) is 15.1. The van der Waals surface area contributed by atoms with Crippen LogP contribution in [0.25, 0.3) is 0 Å². The summed E-state index contributed by atoms with van der Waals surface area (Å²) in [6.07, 6.45) is 3.29. The molecule has 0 atom stereocenters. The molecule has 2 aliphatic heterocycles. The number of hydrogen-bond donors (Lipinski definition) is 3. The Hall–Kier alpha value is -3.35. The van der Waals surface area contributed by atoms with Crippen LogP contribution in [-0.4, -0.2) is 46.1 Å². The van der Waals surface area contributed by atoms with Gasteiger partial charge in [-0.2, -0.15) is 0 Å². The van der Waals surface area contributed by atoms with Gasteiger partial charge in [0, 0.05) is 29.9 Å². The molecule has 0 fully saturated rings. The number of carbonyl (C=O) groups excluding carboxylic acids is 1. The van der Waals surface area contributed by atoms with E-state index in [-0.39, 0.29) is 22.4 Å². The molecule has 0 radical (unpaired) electrons. The maximum atomic E-state index is 13.1. The van der Waals surface area contributed by atoms with E-state index in [1.807, 2.05) is 0 Å². The monoisotopic (exact) mass is 381 g/mol. The minimum Gasteiger partial charge on any atom is -0.507 e. The van der Waals surface area contributed by atoms with Gasteiger partial charge in [0.2, 0.25) is 0 Å². The van der Waals surface area contributed by atoms with Crippen LogP contribution in [0.4, 0.5) is 5.69 Å². The number of rotatable bonds is 4. The van der Waals surface area contributed by atoms with Crippen LogP contribution in [0, 0.1) is 0 Å². The number of phenols is 1. The standard InChI is InChI=1S/C21H19NO6/c23-18(13-6-5-12(20(25)26)10-15(13)21(27)28)16-9-11-3-1-7-22-8-2-4-14(17(11)22)19(16)24/h5-6,9-10,24H,1-4,7-8H2,(H,25,26)(H,27,28). The molecule has 144 valence electrons. The van der Waals surface area contributed by atoms with E-state index in [0.717, 1.165) is 55.2 Å². The summed E-state index contributed by atoms with van der Waals surface area (Å²) in [5.74, 6) is -3.39. The van der Waals surface area contributed by atoms with E-state index in [2.05, 4.69) is 4.90 Å². The number of carboxylic acid groups (broad SMARTS) is 2. The van der Waals surface area contributed by atoms with Crippen LogP contribution in [0.3, 0.4) is 0 Å². The summed E-state index contributed by atoms with van der Waals surface area (Å²) in [7, 11) is 0. The van der Waals surface area contributed by atoms with Crippen molar-refractivity contribution in [3.8, 4) is 5.75 Å². The molecule has 0 aromatic heterocycles. The largest absolute Gasteiger partial charge is 0.507 e. The predicted octanol–water partition coefficient (Wildman–Crippen LogP) is 2.72. The molecule has 0 amide bonds. The molecule has 0 unspecified atom stereocenters. The molecule has 3 N–H and O–H groups in total. The van der Waals surface area contributed by atoms with Crippen molar-refractivity contribution in [2.24, 2.45) is 0 Å². The van der Waals surface area contributed by atoms with E-state index in [1.54, 1.807) is 6.07 Å². The van der Waals surface area contributed by atoms with Gasteiger partial charge in [-0.1, -0.05) is 0 Å². The zero-order chi connectivity index (χ0) is 20.0. The number of phenolic OH excluding ortho intramolecular Hbond substituents is 1. The van der Waals surface area contributed by atoms with Gasteiger partial charge in [-0.05, 0) is 55.5 Å². The van der Waals surface area contributed by atoms with Crippen LogP contribution < -0.4 is 4.90 Å². The Morgan fingerprint density at radius 2 is 1.57 bits per heavy atom. The third-order valence-corrected chi connectivity index (χ3v) is 5.48. The third kappa shape index (κ3) is 2.79. The van der Waals surface area contributed by atoms with E-state index < -0.39 is 23.3 Å². The van der Waals surface area contributed by atoms with Crippen LogP contribution >= 0.6 is 0 Å². The number of nitrogens with zero attached hydrogens (tertiary/aromatic N) is 1. The molecule has 7 nitrogen and oxygen atoms in total. The maximum absolute atomic E-state index is 13.1. The summed E-state index contributed by atoms with van der Waals surface area (Å²) in [4.78, 5) is 38.1. The first-order valence-corrected chi connectivity index (χ1v) is 9.16. The van der Waals surface area contributed by atoms with Crippen molar-refractivity contribution in [2.75, 3.05) is 18.0 Å². The van der Waals surface area contributed by atoms with Crippen molar-refractivity contribution in [1.82, 2.24) is 0 Å². The Balaban J connectivity index is 1.86. The van der Waals surface area contributed by atoms with E-state index >= 15 is 0 Å². The summed E-state index contributed by atoms with van der Waals surface area (Å²) in [5, 5.41) is 29.4. The SMILES string of the molecule is O=C(O)c1ccc(C(=O)c2cc3c4c(c2O)CCCN4CCC3)c(C(=O)O)c1. The Labute approximate surface area is 160 Å². The molecule has 2 aliphatic rings. The smallest absolute Gasteiger partial charge is 0.336 e. The number of aryl methyl sites for hydroxylation is 1. The third-order valence-electron chi connectivity index (χ3n) is 5.48. The molecule has 0 spiro atoms. The van der Waals surface area contributed by atoms with Crippen LogP contribution in [0.15, 0.2) is 24.3 Å². The summed E-state index contributed by atoms with van der Waals surface area (Å²) >= 11 is 0. The fourth-order valence-electron chi connectivity index (χ4n) is 4.21. The highest BCUT2D eigenvalue weighted by Gasteiger charge is 2.30. The number of aromatic carboxylic acids is 2. The topological polar surface area (TPSA) is 115 Å². The molecule has 0 aliphatic carbocycles. The maximum Gasteiger partial charge on any atom is 0.336 e. The van der Waals surface area contributed by atoms with Gasteiger partial charge in [0.05, 0.1) is 16.7 Å². The number of aromatic hydroxyl groups is 1. The molecule has 28 heavy (non-hydrogen) atoms. The second-order valence-corrected chi connectivity index (χ2v) is 7.15. The lowest BCUT2D eigenvalue weighted by Crippen LogP contribution is -2.34. The fraction of sp³-hybridized carbons (Fsp3) is 0.286. The number of carboxylic acids is 2. The minimum atomic E-state index is -1.39. The summed E-state index contributed by atoms with van der Waals surface area (Å²) in [6, 6.07) is 5.03. The molecule has 0 saturated carbocycles. The normalized spacial score (nSPS) is 15.1. The molecule has 7 heteroatoms. The second kappa shape index (κ2) is 6.67. The van der Waals surface area contributed by atoms with Gasteiger partial charge in [0.25, 0.3) is 0 Å². The first-order chi connectivity index (χ1) is 13.4. The molecule has 0 saturated heterocycles. The number of ketones is 1. The number of anilines is 1. The zero-order valence-corrected chi connectivity index (χ0v) is 15.1. The number of hydrogen-bond acceptors (Lipinski definition) is 5. The minimum absolute atomic E-state index is 0.0723. The predicted molar refractivity (Wildman–Crippen MR) is 101 cm³/mol. The first kappa shape index (κ1) is 18.0. The molecule has 4 rings (SSSR count).